The molecule has 0 aliphatic carbocycles. The Morgan fingerprint density at radius 2 is 1.78 bits per heavy atom. The van der Waals surface area contributed by atoms with Crippen molar-refractivity contribution >= 4 is 39.8 Å². The van der Waals surface area contributed by atoms with Gasteiger partial charge < -0.3 is 9.84 Å². The van der Waals surface area contributed by atoms with E-state index < -0.39 is 11.9 Å². The molecular formula is C14H16MgO3. The summed E-state index contributed by atoms with van der Waals surface area (Å²) in [6, 6.07) is 11.4. The molecule has 2 rings (SSSR count). The van der Waals surface area contributed by atoms with Gasteiger partial charge in [0.25, 0.3) is 0 Å². The molecule has 1 N–H and O–H groups in total. The van der Waals surface area contributed by atoms with E-state index in [1.54, 1.807) is 14.0 Å². The Kier molecular flexibility index (Phi) is 4.99. The van der Waals surface area contributed by atoms with Crippen molar-refractivity contribution in [1.82, 2.24) is 0 Å². The second-order valence-electron chi connectivity index (χ2n) is 4.03. The first-order valence-corrected chi connectivity index (χ1v) is 5.42. The van der Waals surface area contributed by atoms with E-state index in [4.69, 9.17) is 9.84 Å². The molecule has 0 aromatic heterocycles. The Bertz CT molecular complexity index is 566. The van der Waals surface area contributed by atoms with Crippen LogP contribution in [0.25, 0.3) is 10.8 Å². The van der Waals surface area contributed by atoms with Gasteiger partial charge in [-0.1, -0.05) is 24.3 Å². The van der Waals surface area contributed by atoms with Crippen LogP contribution in [0.3, 0.4) is 0 Å². The molecule has 0 radical (unpaired) electrons. The highest BCUT2D eigenvalue weighted by molar-refractivity contribution is 5.86. The molecule has 2 aromatic carbocycles. The van der Waals surface area contributed by atoms with Crippen molar-refractivity contribution in [3.63, 3.8) is 0 Å². The SMILES string of the molecule is COc1ccc2cc(C(C)C(=O)O)ccc2c1.[MgH2]. The van der Waals surface area contributed by atoms with Crippen LogP contribution >= 0.6 is 0 Å². The fraction of sp³-hybridized carbons (Fsp3) is 0.214. The van der Waals surface area contributed by atoms with E-state index in [2.05, 4.69) is 0 Å². The number of methoxy groups -OCH3 is 1. The smallest absolute Gasteiger partial charge is 0.316 e. The summed E-state index contributed by atoms with van der Waals surface area (Å²) in [5.74, 6) is -0.490. The van der Waals surface area contributed by atoms with Gasteiger partial charge in [-0.05, 0) is 35.4 Å². The Balaban J connectivity index is 0.00000162. The lowest BCUT2D eigenvalue weighted by molar-refractivity contribution is -0.138. The number of benzene rings is 2. The molecule has 3 nitrogen and oxygen atoms in total. The number of hydrogen-bond donors (Lipinski definition) is 1. The normalized spacial score (nSPS) is 11.7. The van der Waals surface area contributed by atoms with Gasteiger partial charge in [0, 0.05) is 0 Å². The quantitative estimate of drug-likeness (QED) is 0.856. The summed E-state index contributed by atoms with van der Waals surface area (Å²) < 4.78 is 5.14. The molecule has 1 atom stereocenters. The van der Waals surface area contributed by atoms with Crippen molar-refractivity contribution in [2.24, 2.45) is 0 Å². The monoisotopic (exact) mass is 256 g/mol. The van der Waals surface area contributed by atoms with E-state index >= 15 is 0 Å². The molecule has 4 heteroatoms. The van der Waals surface area contributed by atoms with Crippen molar-refractivity contribution in [2.75, 3.05) is 7.11 Å². The van der Waals surface area contributed by atoms with E-state index in [0.29, 0.717) is 0 Å². The van der Waals surface area contributed by atoms with Crippen LogP contribution in [0.4, 0.5) is 0 Å². The van der Waals surface area contributed by atoms with Gasteiger partial charge in [-0.15, -0.1) is 0 Å². The minimum atomic E-state index is -0.808. The molecule has 0 spiro atoms. The van der Waals surface area contributed by atoms with Crippen molar-refractivity contribution in [1.29, 1.82) is 0 Å². The van der Waals surface area contributed by atoms with Crippen molar-refractivity contribution in [3.05, 3.63) is 42.0 Å². The van der Waals surface area contributed by atoms with Gasteiger partial charge in [0.15, 0.2) is 0 Å². The molecule has 0 aliphatic heterocycles. The molecule has 1 unspecified atom stereocenters. The van der Waals surface area contributed by atoms with Gasteiger partial charge >= 0.3 is 29.0 Å². The van der Waals surface area contributed by atoms with Crippen LogP contribution < -0.4 is 4.74 Å². The molecule has 0 bridgehead atoms. The summed E-state index contributed by atoms with van der Waals surface area (Å²) in [6.07, 6.45) is 0. The Morgan fingerprint density at radius 1 is 1.17 bits per heavy atom. The highest BCUT2D eigenvalue weighted by Crippen LogP contribution is 2.25. The van der Waals surface area contributed by atoms with Crippen molar-refractivity contribution < 1.29 is 14.6 Å². The second-order valence-corrected chi connectivity index (χ2v) is 4.03. The van der Waals surface area contributed by atoms with Crippen LogP contribution in [-0.2, 0) is 4.79 Å². The van der Waals surface area contributed by atoms with Gasteiger partial charge in [-0.2, -0.15) is 0 Å². The molecule has 92 valence electrons. The number of carbonyl (C=O) groups is 1. The molecule has 0 heterocycles. The van der Waals surface area contributed by atoms with E-state index in [1.807, 2.05) is 36.4 Å². The number of ether oxygens (including phenoxy) is 1. The zero-order valence-corrected chi connectivity index (χ0v) is 9.81. The summed E-state index contributed by atoms with van der Waals surface area (Å²) in [5, 5.41) is 11.0. The van der Waals surface area contributed by atoms with Gasteiger partial charge in [-0.3, -0.25) is 4.79 Å². The van der Waals surface area contributed by atoms with E-state index in [1.165, 1.54) is 0 Å². The van der Waals surface area contributed by atoms with Crippen LogP contribution in [0, 0.1) is 0 Å². The van der Waals surface area contributed by atoms with Crippen LogP contribution in [0.1, 0.15) is 18.4 Å². The average molecular weight is 257 g/mol. The molecule has 0 aliphatic rings. The maximum Gasteiger partial charge on any atom is 0.316 e. The fourth-order valence-corrected chi connectivity index (χ4v) is 1.78. The standard InChI is InChI=1S/C14H14O3.Mg.2H/c1-9(14(15)16)10-3-4-12-8-13(17-2)6-5-11(12)7-10;;;/h3-9H,1-2H3,(H,15,16);;;. The number of fused-ring (bicyclic) bond motifs is 1. The zero-order valence-electron chi connectivity index (χ0n) is 9.81. The minimum absolute atomic E-state index is 0. The van der Waals surface area contributed by atoms with Gasteiger partial charge in [0.2, 0.25) is 0 Å². The fourth-order valence-electron chi connectivity index (χ4n) is 1.78. The molecule has 0 fully saturated rings. The van der Waals surface area contributed by atoms with Crippen LogP contribution in [0.5, 0.6) is 5.75 Å². The highest BCUT2D eigenvalue weighted by atomic mass is 24.3. The average Bonchev–Trinajstić information content (AvgIpc) is 2.36. The molecule has 0 saturated carbocycles. The highest BCUT2D eigenvalue weighted by Gasteiger charge is 2.13. The molecule has 2 aromatic rings. The first kappa shape index (κ1) is 14.8. The van der Waals surface area contributed by atoms with E-state index in [-0.39, 0.29) is 23.1 Å². The van der Waals surface area contributed by atoms with Gasteiger partial charge in [0.05, 0.1) is 13.0 Å². The second kappa shape index (κ2) is 6.07. The molecule has 0 amide bonds. The lowest BCUT2D eigenvalue weighted by atomic mass is 9.98. The molecular weight excluding hydrogens is 240 g/mol. The van der Waals surface area contributed by atoms with Crippen molar-refractivity contribution in [2.45, 2.75) is 12.8 Å². The number of carboxylic acids is 1. The topological polar surface area (TPSA) is 46.5 Å². The first-order chi connectivity index (χ1) is 8.11. The lowest BCUT2D eigenvalue weighted by Crippen LogP contribution is -2.06. The van der Waals surface area contributed by atoms with Crippen LogP contribution in [0.15, 0.2) is 36.4 Å². The third-order valence-corrected chi connectivity index (χ3v) is 2.94. The predicted molar refractivity (Wildman–Crippen MR) is 75.1 cm³/mol. The number of hydrogen-bond acceptors (Lipinski definition) is 2. The number of carboxylic acid groups (broad SMARTS) is 1. The largest absolute Gasteiger partial charge is 0.497 e. The third-order valence-electron chi connectivity index (χ3n) is 2.94. The summed E-state index contributed by atoms with van der Waals surface area (Å²) >= 11 is 0. The third kappa shape index (κ3) is 2.94. The lowest BCUT2D eigenvalue weighted by Gasteiger charge is -2.08. The summed E-state index contributed by atoms with van der Waals surface area (Å²) in [6.45, 7) is 1.69. The van der Waals surface area contributed by atoms with Crippen molar-refractivity contribution in [3.8, 4) is 5.75 Å². The number of aliphatic carboxylic acids is 1. The van der Waals surface area contributed by atoms with Crippen LogP contribution in [0.2, 0.25) is 0 Å². The van der Waals surface area contributed by atoms with Crippen LogP contribution in [-0.4, -0.2) is 41.2 Å². The van der Waals surface area contributed by atoms with E-state index in [9.17, 15) is 4.79 Å². The summed E-state index contributed by atoms with van der Waals surface area (Å²) in [7, 11) is 1.63. The summed E-state index contributed by atoms with van der Waals surface area (Å²) in [4.78, 5) is 10.9. The maximum atomic E-state index is 10.9. The maximum absolute atomic E-state index is 10.9. The van der Waals surface area contributed by atoms with E-state index in [0.717, 1.165) is 22.1 Å². The Labute approximate surface area is 122 Å². The van der Waals surface area contributed by atoms with Gasteiger partial charge in [-0.25, -0.2) is 0 Å². The molecule has 0 saturated heterocycles. The number of rotatable bonds is 3. The zero-order chi connectivity index (χ0) is 12.4. The Hall–Kier alpha value is -1.26. The predicted octanol–water partition coefficient (Wildman–Crippen LogP) is 2.12. The van der Waals surface area contributed by atoms with Gasteiger partial charge in [0.1, 0.15) is 5.75 Å². The summed E-state index contributed by atoms with van der Waals surface area (Å²) in [5.41, 5.74) is 0.815. The minimum Gasteiger partial charge on any atom is -0.497 e. The first-order valence-electron chi connectivity index (χ1n) is 5.42. The molecule has 18 heavy (non-hydrogen) atoms. The Morgan fingerprint density at radius 3 is 2.39 bits per heavy atom.